The molecule has 1 heterocycles. The van der Waals surface area contributed by atoms with E-state index in [1.807, 2.05) is 31.2 Å². The third-order valence-electron chi connectivity index (χ3n) is 4.04. The molecule has 3 rings (SSSR count). The molecule has 1 atom stereocenters. The molecule has 0 aromatic heterocycles. The van der Waals surface area contributed by atoms with Crippen LogP contribution in [0.25, 0.3) is 0 Å². The Bertz CT molecular complexity index is 809. The number of ether oxygens (including phenoxy) is 2. The van der Waals surface area contributed by atoms with Crippen molar-refractivity contribution in [3.05, 3.63) is 54.1 Å². The molecule has 0 bridgehead atoms. The molecule has 142 valence electrons. The van der Waals surface area contributed by atoms with Crippen LogP contribution in [0.2, 0.25) is 0 Å². The summed E-state index contributed by atoms with van der Waals surface area (Å²) in [7, 11) is 0. The van der Waals surface area contributed by atoms with Crippen LogP contribution < -0.4 is 25.4 Å². The zero-order valence-electron chi connectivity index (χ0n) is 15.2. The molecule has 0 saturated heterocycles. The number of fused-ring (bicyclic) bond motifs is 1. The van der Waals surface area contributed by atoms with Crippen LogP contribution in [0.15, 0.2) is 48.5 Å². The second kappa shape index (κ2) is 8.93. The number of hydrogen-bond donors (Lipinski definition) is 3. The molecule has 1 aliphatic heterocycles. The lowest BCUT2D eigenvalue weighted by Gasteiger charge is -2.26. The molecular formula is C20H23N3O4. The Morgan fingerprint density at radius 2 is 1.89 bits per heavy atom. The van der Waals surface area contributed by atoms with Gasteiger partial charge in [-0.3, -0.25) is 4.79 Å². The zero-order valence-corrected chi connectivity index (χ0v) is 15.2. The van der Waals surface area contributed by atoms with E-state index in [-0.39, 0.29) is 18.0 Å². The average molecular weight is 369 g/mol. The highest BCUT2D eigenvalue weighted by molar-refractivity contribution is 5.96. The fourth-order valence-corrected chi connectivity index (χ4v) is 2.73. The summed E-state index contributed by atoms with van der Waals surface area (Å²) in [4.78, 5) is 23.9. The smallest absolute Gasteiger partial charge is 0.319 e. The lowest BCUT2D eigenvalue weighted by Crippen LogP contribution is -2.35. The minimum Gasteiger partial charge on any atom is -0.486 e. The quantitative estimate of drug-likeness (QED) is 0.731. The van der Waals surface area contributed by atoms with E-state index in [1.165, 1.54) is 0 Å². The highest BCUT2D eigenvalue weighted by Crippen LogP contribution is 2.31. The molecule has 0 saturated carbocycles. The number of para-hydroxylation sites is 2. The summed E-state index contributed by atoms with van der Waals surface area (Å²) in [6.07, 6.45) is 0.516. The van der Waals surface area contributed by atoms with Gasteiger partial charge in [0.05, 0.1) is 0 Å². The van der Waals surface area contributed by atoms with Crippen molar-refractivity contribution in [3.8, 4) is 11.5 Å². The number of carbonyl (C=O) groups is 2. The Labute approximate surface area is 158 Å². The van der Waals surface area contributed by atoms with Crippen LogP contribution in [0.5, 0.6) is 11.5 Å². The molecule has 1 aliphatic rings. The summed E-state index contributed by atoms with van der Waals surface area (Å²) in [6, 6.07) is 14.0. The Kier molecular flexibility index (Phi) is 6.14. The zero-order chi connectivity index (χ0) is 19.1. The molecule has 1 unspecified atom stereocenters. The number of nitrogens with one attached hydrogen (secondary N) is 3. The van der Waals surface area contributed by atoms with Gasteiger partial charge < -0.3 is 25.4 Å². The van der Waals surface area contributed by atoms with Crippen LogP contribution in [0.1, 0.15) is 23.7 Å². The van der Waals surface area contributed by atoms with Crippen LogP contribution in [0, 0.1) is 0 Å². The normalized spacial score (nSPS) is 14.9. The summed E-state index contributed by atoms with van der Waals surface area (Å²) in [5.41, 5.74) is 1.06. The first-order valence-corrected chi connectivity index (χ1v) is 8.97. The van der Waals surface area contributed by atoms with Crippen molar-refractivity contribution in [1.29, 1.82) is 0 Å². The van der Waals surface area contributed by atoms with E-state index in [4.69, 9.17) is 9.47 Å². The lowest BCUT2D eigenvalue weighted by atomic mass is 10.2. The van der Waals surface area contributed by atoms with Crippen molar-refractivity contribution < 1.29 is 19.1 Å². The van der Waals surface area contributed by atoms with Crippen molar-refractivity contribution in [3.63, 3.8) is 0 Å². The topological polar surface area (TPSA) is 88.7 Å². The molecule has 0 fully saturated rings. The van der Waals surface area contributed by atoms with E-state index in [1.54, 1.807) is 24.3 Å². The molecule has 0 spiro atoms. The van der Waals surface area contributed by atoms with Crippen molar-refractivity contribution in [2.45, 2.75) is 19.4 Å². The van der Waals surface area contributed by atoms with Gasteiger partial charge in [0.15, 0.2) is 11.5 Å². The van der Waals surface area contributed by atoms with Gasteiger partial charge in [-0.2, -0.15) is 0 Å². The number of carbonyl (C=O) groups excluding carboxylic acids is 2. The Morgan fingerprint density at radius 3 is 2.70 bits per heavy atom. The van der Waals surface area contributed by atoms with E-state index in [2.05, 4.69) is 16.0 Å². The Morgan fingerprint density at radius 1 is 1.07 bits per heavy atom. The molecule has 0 aliphatic carbocycles. The first-order chi connectivity index (χ1) is 13.2. The summed E-state index contributed by atoms with van der Waals surface area (Å²) >= 11 is 0. The molecule has 7 heteroatoms. The number of urea groups is 1. The first-order valence-electron chi connectivity index (χ1n) is 8.97. The molecule has 27 heavy (non-hydrogen) atoms. The van der Waals surface area contributed by atoms with Crippen molar-refractivity contribution >= 4 is 17.6 Å². The standard InChI is InChI=1S/C20H23N3O4/c1-2-21-19(24)14-6-5-7-15(12-14)23-20(25)22-11-10-16-13-26-17-8-3-4-9-18(17)27-16/h3-9,12,16H,2,10-11,13H2,1H3,(H,21,24)(H2,22,23,25). The second-order valence-electron chi connectivity index (χ2n) is 6.11. The van der Waals surface area contributed by atoms with Gasteiger partial charge >= 0.3 is 6.03 Å². The highest BCUT2D eigenvalue weighted by atomic mass is 16.6. The Hall–Kier alpha value is -3.22. The molecule has 3 amide bonds. The second-order valence-corrected chi connectivity index (χ2v) is 6.11. The van der Waals surface area contributed by atoms with Crippen LogP contribution in [0.4, 0.5) is 10.5 Å². The summed E-state index contributed by atoms with van der Waals surface area (Å²) in [5.74, 6) is 1.29. The predicted molar refractivity (Wildman–Crippen MR) is 102 cm³/mol. The lowest BCUT2D eigenvalue weighted by molar-refractivity contribution is 0.0854. The van der Waals surface area contributed by atoms with Crippen LogP contribution in [0.3, 0.4) is 0 Å². The van der Waals surface area contributed by atoms with E-state index in [0.29, 0.717) is 37.4 Å². The maximum atomic E-state index is 12.1. The molecule has 2 aromatic rings. The minimum absolute atomic E-state index is 0.110. The van der Waals surface area contributed by atoms with E-state index >= 15 is 0 Å². The number of hydrogen-bond acceptors (Lipinski definition) is 4. The van der Waals surface area contributed by atoms with Gasteiger partial charge in [-0.25, -0.2) is 4.79 Å². The summed E-state index contributed by atoms with van der Waals surface area (Å²) < 4.78 is 11.5. The number of amides is 3. The van der Waals surface area contributed by atoms with Crippen molar-refractivity contribution in [2.75, 3.05) is 25.0 Å². The fourth-order valence-electron chi connectivity index (χ4n) is 2.73. The monoisotopic (exact) mass is 369 g/mol. The predicted octanol–water partition coefficient (Wildman–Crippen LogP) is 2.79. The molecule has 0 radical (unpaired) electrons. The summed E-state index contributed by atoms with van der Waals surface area (Å²) in [5, 5.41) is 8.25. The largest absolute Gasteiger partial charge is 0.486 e. The minimum atomic E-state index is -0.333. The van der Waals surface area contributed by atoms with E-state index in [9.17, 15) is 9.59 Å². The number of anilines is 1. The number of benzene rings is 2. The van der Waals surface area contributed by atoms with Crippen molar-refractivity contribution in [2.24, 2.45) is 0 Å². The van der Waals surface area contributed by atoms with Gasteiger partial charge in [0.1, 0.15) is 12.7 Å². The third-order valence-corrected chi connectivity index (χ3v) is 4.04. The van der Waals surface area contributed by atoms with Crippen LogP contribution in [-0.4, -0.2) is 37.7 Å². The van der Waals surface area contributed by atoms with Gasteiger partial charge in [0, 0.05) is 30.8 Å². The van der Waals surface area contributed by atoms with Gasteiger partial charge in [-0.05, 0) is 37.3 Å². The first kappa shape index (κ1) is 18.6. The number of rotatable bonds is 6. The van der Waals surface area contributed by atoms with Gasteiger partial charge in [-0.15, -0.1) is 0 Å². The third kappa shape index (κ3) is 5.13. The highest BCUT2D eigenvalue weighted by Gasteiger charge is 2.20. The van der Waals surface area contributed by atoms with E-state index < -0.39 is 0 Å². The van der Waals surface area contributed by atoms with Gasteiger partial charge in [0.25, 0.3) is 5.91 Å². The van der Waals surface area contributed by atoms with Crippen molar-refractivity contribution in [1.82, 2.24) is 10.6 Å². The fraction of sp³-hybridized carbons (Fsp3) is 0.300. The molecule has 2 aromatic carbocycles. The molecule has 3 N–H and O–H groups in total. The maximum Gasteiger partial charge on any atom is 0.319 e. The maximum absolute atomic E-state index is 12.1. The Balaban J connectivity index is 1.44. The average Bonchev–Trinajstić information content (AvgIpc) is 2.68. The summed E-state index contributed by atoms with van der Waals surface area (Å²) in [6.45, 7) is 3.30. The SMILES string of the molecule is CCNC(=O)c1cccc(NC(=O)NCCC2COc3ccccc3O2)c1. The van der Waals surface area contributed by atoms with Gasteiger partial charge in [-0.1, -0.05) is 18.2 Å². The van der Waals surface area contributed by atoms with Crippen LogP contribution >= 0.6 is 0 Å². The molecular weight excluding hydrogens is 346 g/mol. The molecule has 7 nitrogen and oxygen atoms in total. The van der Waals surface area contributed by atoms with Gasteiger partial charge in [0.2, 0.25) is 0 Å². The van der Waals surface area contributed by atoms with E-state index in [0.717, 1.165) is 11.5 Å². The van der Waals surface area contributed by atoms with Crippen LogP contribution in [-0.2, 0) is 0 Å².